The molecule has 0 saturated carbocycles. The first-order valence-electron chi connectivity index (χ1n) is 5.84. The van der Waals surface area contributed by atoms with Crippen molar-refractivity contribution in [1.29, 1.82) is 0 Å². The van der Waals surface area contributed by atoms with E-state index in [2.05, 4.69) is 4.98 Å². The number of hydrogen-bond donors (Lipinski definition) is 1. The number of nitrogens with two attached hydrogens (primary N) is 1. The number of rotatable bonds is 1. The van der Waals surface area contributed by atoms with E-state index in [1.807, 2.05) is 11.6 Å². The predicted octanol–water partition coefficient (Wildman–Crippen LogP) is 4.27. The van der Waals surface area contributed by atoms with Crippen molar-refractivity contribution in [3.8, 4) is 11.4 Å². The highest BCUT2D eigenvalue weighted by Gasteiger charge is 2.13. The van der Waals surface area contributed by atoms with Crippen LogP contribution in [-0.2, 0) is 7.05 Å². The maximum Gasteiger partial charge on any atom is 0.140 e. The third-order valence-electron chi connectivity index (χ3n) is 3.18. The molecule has 0 aliphatic rings. The Balaban J connectivity index is 2.27. The lowest BCUT2D eigenvalue weighted by Gasteiger charge is -2.06. The SMILES string of the molecule is Cn1c(-c2cc(Cl)c(N)c(Cl)c2)nc2cc(F)ccc21. The number of halogens is 3. The zero-order valence-corrected chi connectivity index (χ0v) is 12.0. The Labute approximate surface area is 124 Å². The van der Waals surface area contributed by atoms with Gasteiger partial charge in [-0.3, -0.25) is 0 Å². The van der Waals surface area contributed by atoms with Gasteiger partial charge in [0.05, 0.1) is 26.8 Å². The number of benzene rings is 2. The summed E-state index contributed by atoms with van der Waals surface area (Å²) >= 11 is 12.1. The van der Waals surface area contributed by atoms with Crippen molar-refractivity contribution in [2.45, 2.75) is 0 Å². The lowest BCUT2D eigenvalue weighted by molar-refractivity contribution is 0.629. The van der Waals surface area contributed by atoms with Crippen LogP contribution in [0.4, 0.5) is 10.1 Å². The van der Waals surface area contributed by atoms with Gasteiger partial charge in [0.25, 0.3) is 0 Å². The van der Waals surface area contributed by atoms with Crippen LogP contribution >= 0.6 is 23.2 Å². The van der Waals surface area contributed by atoms with Crippen molar-refractivity contribution in [3.05, 3.63) is 46.2 Å². The van der Waals surface area contributed by atoms with Crippen molar-refractivity contribution in [1.82, 2.24) is 9.55 Å². The average molecular weight is 310 g/mol. The molecule has 3 nitrogen and oxygen atoms in total. The Morgan fingerprint density at radius 1 is 1.15 bits per heavy atom. The fourth-order valence-corrected chi connectivity index (χ4v) is 2.63. The van der Waals surface area contributed by atoms with Crippen LogP contribution in [0.15, 0.2) is 30.3 Å². The van der Waals surface area contributed by atoms with Gasteiger partial charge in [-0.1, -0.05) is 23.2 Å². The number of anilines is 1. The summed E-state index contributed by atoms with van der Waals surface area (Å²) in [4.78, 5) is 4.42. The Morgan fingerprint density at radius 2 is 1.80 bits per heavy atom. The second-order valence-corrected chi connectivity index (χ2v) is 5.30. The van der Waals surface area contributed by atoms with Crippen LogP contribution in [0.2, 0.25) is 10.0 Å². The number of imidazole rings is 1. The maximum atomic E-state index is 13.3. The molecule has 3 rings (SSSR count). The minimum absolute atomic E-state index is 0.324. The first kappa shape index (κ1) is 13.2. The van der Waals surface area contributed by atoms with Crippen LogP contribution in [0.3, 0.4) is 0 Å². The molecule has 0 amide bonds. The molecule has 0 saturated heterocycles. The molecule has 1 aromatic heterocycles. The van der Waals surface area contributed by atoms with E-state index in [0.29, 0.717) is 27.1 Å². The molecular formula is C14H10Cl2FN3. The van der Waals surface area contributed by atoms with Crippen molar-refractivity contribution < 1.29 is 4.39 Å². The second kappa shape index (κ2) is 4.65. The van der Waals surface area contributed by atoms with Crippen LogP contribution < -0.4 is 5.73 Å². The highest BCUT2D eigenvalue weighted by atomic mass is 35.5. The quantitative estimate of drug-likeness (QED) is 0.682. The van der Waals surface area contributed by atoms with E-state index in [0.717, 1.165) is 11.1 Å². The minimum Gasteiger partial charge on any atom is -0.396 e. The zero-order chi connectivity index (χ0) is 14.4. The van der Waals surface area contributed by atoms with E-state index < -0.39 is 0 Å². The Bertz CT molecular complexity index is 804. The Kier molecular flexibility index (Phi) is 3.07. The van der Waals surface area contributed by atoms with Gasteiger partial charge in [0.1, 0.15) is 11.6 Å². The first-order valence-corrected chi connectivity index (χ1v) is 6.60. The average Bonchev–Trinajstić information content (AvgIpc) is 2.72. The van der Waals surface area contributed by atoms with Crippen LogP contribution in [0.5, 0.6) is 0 Å². The molecule has 102 valence electrons. The van der Waals surface area contributed by atoms with E-state index in [4.69, 9.17) is 28.9 Å². The molecule has 2 N–H and O–H groups in total. The van der Waals surface area contributed by atoms with Gasteiger partial charge in [0, 0.05) is 18.7 Å². The monoisotopic (exact) mass is 309 g/mol. The minimum atomic E-state index is -0.324. The first-order chi connectivity index (χ1) is 9.47. The smallest absolute Gasteiger partial charge is 0.140 e. The van der Waals surface area contributed by atoms with E-state index >= 15 is 0 Å². The zero-order valence-electron chi connectivity index (χ0n) is 10.5. The van der Waals surface area contributed by atoms with Crippen molar-refractivity contribution in [2.75, 3.05) is 5.73 Å². The van der Waals surface area contributed by atoms with Crippen LogP contribution in [0, 0.1) is 5.82 Å². The summed E-state index contributed by atoms with van der Waals surface area (Å²) in [6, 6.07) is 7.86. The highest BCUT2D eigenvalue weighted by Crippen LogP contribution is 2.34. The lowest BCUT2D eigenvalue weighted by atomic mass is 10.2. The van der Waals surface area contributed by atoms with Gasteiger partial charge in [-0.25, -0.2) is 9.37 Å². The normalized spacial score (nSPS) is 11.2. The largest absolute Gasteiger partial charge is 0.396 e. The molecule has 0 unspecified atom stereocenters. The third-order valence-corrected chi connectivity index (χ3v) is 3.81. The summed E-state index contributed by atoms with van der Waals surface area (Å²) < 4.78 is 15.1. The fraction of sp³-hybridized carbons (Fsp3) is 0.0714. The molecule has 0 fully saturated rings. The van der Waals surface area contributed by atoms with E-state index in [9.17, 15) is 4.39 Å². The third kappa shape index (κ3) is 2.01. The molecule has 0 aliphatic carbocycles. The molecule has 0 radical (unpaired) electrons. The Morgan fingerprint density at radius 3 is 2.45 bits per heavy atom. The fourth-order valence-electron chi connectivity index (χ4n) is 2.14. The lowest BCUT2D eigenvalue weighted by Crippen LogP contribution is -1.94. The van der Waals surface area contributed by atoms with E-state index in [-0.39, 0.29) is 5.82 Å². The van der Waals surface area contributed by atoms with Crippen LogP contribution in [-0.4, -0.2) is 9.55 Å². The second-order valence-electron chi connectivity index (χ2n) is 4.48. The number of fused-ring (bicyclic) bond motifs is 1. The van der Waals surface area contributed by atoms with Crippen LogP contribution in [0.1, 0.15) is 0 Å². The molecular weight excluding hydrogens is 300 g/mol. The van der Waals surface area contributed by atoms with Crippen molar-refractivity contribution in [3.63, 3.8) is 0 Å². The molecule has 6 heteroatoms. The van der Waals surface area contributed by atoms with Gasteiger partial charge in [0.2, 0.25) is 0 Å². The summed E-state index contributed by atoms with van der Waals surface area (Å²) in [7, 11) is 1.85. The topological polar surface area (TPSA) is 43.8 Å². The summed E-state index contributed by atoms with van der Waals surface area (Å²) in [6.07, 6.45) is 0. The van der Waals surface area contributed by atoms with Gasteiger partial charge >= 0.3 is 0 Å². The highest BCUT2D eigenvalue weighted by molar-refractivity contribution is 6.39. The number of nitrogen functional groups attached to an aromatic ring is 1. The number of nitrogens with zero attached hydrogens (tertiary/aromatic N) is 2. The maximum absolute atomic E-state index is 13.3. The van der Waals surface area contributed by atoms with Gasteiger partial charge in [-0.15, -0.1) is 0 Å². The predicted molar refractivity (Wildman–Crippen MR) is 80.5 cm³/mol. The van der Waals surface area contributed by atoms with E-state index in [1.165, 1.54) is 12.1 Å². The summed E-state index contributed by atoms with van der Waals surface area (Å²) in [5, 5.41) is 0.733. The molecule has 3 aromatic rings. The summed E-state index contributed by atoms with van der Waals surface area (Å²) in [6.45, 7) is 0. The van der Waals surface area contributed by atoms with Gasteiger partial charge < -0.3 is 10.3 Å². The molecule has 0 aliphatic heterocycles. The summed E-state index contributed by atoms with van der Waals surface area (Å²) in [5.41, 5.74) is 8.19. The standard InChI is InChI=1S/C14H10Cl2FN3/c1-20-12-3-2-8(17)6-11(12)19-14(20)7-4-9(15)13(18)10(16)5-7/h2-6H,18H2,1H3. The van der Waals surface area contributed by atoms with Gasteiger partial charge in [0.15, 0.2) is 0 Å². The molecule has 0 atom stereocenters. The number of hydrogen-bond acceptors (Lipinski definition) is 2. The molecule has 2 aromatic carbocycles. The van der Waals surface area contributed by atoms with Crippen molar-refractivity contribution in [2.24, 2.45) is 7.05 Å². The van der Waals surface area contributed by atoms with Gasteiger partial charge in [-0.05, 0) is 24.3 Å². The molecule has 20 heavy (non-hydrogen) atoms. The van der Waals surface area contributed by atoms with E-state index in [1.54, 1.807) is 18.2 Å². The van der Waals surface area contributed by atoms with Crippen LogP contribution in [0.25, 0.3) is 22.4 Å². The molecule has 0 spiro atoms. The Hall–Kier alpha value is -1.78. The number of aromatic nitrogens is 2. The van der Waals surface area contributed by atoms with Gasteiger partial charge in [-0.2, -0.15) is 0 Å². The molecule has 1 heterocycles. The number of aryl methyl sites for hydroxylation is 1. The summed E-state index contributed by atoms with van der Waals surface area (Å²) in [5.74, 6) is 0.324. The van der Waals surface area contributed by atoms with Crippen molar-refractivity contribution >= 4 is 39.9 Å². The molecule has 0 bridgehead atoms.